The fraction of sp³-hybridized carbons (Fsp3) is 0. The van der Waals surface area contributed by atoms with Crippen LogP contribution in [0.1, 0.15) is 0 Å². The Hall–Kier alpha value is -0.890. The van der Waals surface area contributed by atoms with Crippen LogP contribution < -0.4 is 0 Å². The second-order valence-corrected chi connectivity index (χ2v) is 4.15. The molecule has 0 aromatic carbocycles. The first-order valence-electron chi connectivity index (χ1n) is 3.79. The summed E-state index contributed by atoms with van der Waals surface area (Å²) in [5, 5.41) is 8.15. The van der Waals surface area contributed by atoms with Crippen LogP contribution in [-0.4, -0.2) is 24.6 Å². The molecule has 1 N–H and O–H groups in total. The molecular weight excluding hydrogens is 316 g/mol. The van der Waals surface area contributed by atoms with Gasteiger partial charge in [0.25, 0.3) is 0 Å². The minimum Gasteiger partial charge on any atom is -0.274 e. The van der Waals surface area contributed by atoms with Crippen LogP contribution in [-0.2, 0) is 0 Å². The maximum absolute atomic E-state index is 5.94. The predicted octanol–water partition coefficient (Wildman–Crippen LogP) is 1.86. The summed E-state index contributed by atoms with van der Waals surface area (Å²) in [6, 6.07) is 0. The number of hydrogen-bond acceptors (Lipinski definition) is 3. The van der Waals surface area contributed by atoms with E-state index in [0.29, 0.717) is 10.9 Å². The summed E-state index contributed by atoms with van der Waals surface area (Å²) in [4.78, 5) is 8.35. The largest absolute Gasteiger partial charge is 0.274 e. The zero-order valence-corrected chi connectivity index (χ0v) is 9.61. The Morgan fingerprint density at radius 2 is 2.36 bits per heavy atom. The third-order valence-electron chi connectivity index (χ3n) is 1.96. The van der Waals surface area contributed by atoms with E-state index in [1.54, 1.807) is 16.8 Å². The molecule has 0 amide bonds. The van der Waals surface area contributed by atoms with E-state index >= 15 is 0 Å². The molecule has 0 saturated carbocycles. The molecule has 0 fully saturated rings. The van der Waals surface area contributed by atoms with Crippen LogP contribution in [0, 0.1) is 3.70 Å². The molecule has 0 radical (unpaired) electrons. The Kier molecular flexibility index (Phi) is 1.68. The summed E-state index contributed by atoms with van der Waals surface area (Å²) < 4.78 is 2.64. The van der Waals surface area contributed by atoms with Gasteiger partial charge in [-0.3, -0.25) is 9.50 Å². The first-order chi connectivity index (χ1) is 6.77. The summed E-state index contributed by atoms with van der Waals surface area (Å²) >= 11 is 8.10. The summed E-state index contributed by atoms with van der Waals surface area (Å²) in [5.41, 5.74) is 1.37. The van der Waals surface area contributed by atoms with Gasteiger partial charge in [-0.15, -0.1) is 0 Å². The van der Waals surface area contributed by atoms with Crippen LogP contribution in [0.25, 0.3) is 16.7 Å². The number of nitrogens with one attached hydrogen (secondary N) is 1. The van der Waals surface area contributed by atoms with Gasteiger partial charge in [-0.05, 0) is 34.2 Å². The first kappa shape index (κ1) is 8.42. The monoisotopic (exact) mass is 319 g/mol. The number of hydrogen-bond donors (Lipinski definition) is 1. The number of fused-ring (bicyclic) bond motifs is 3. The number of halogens is 2. The highest BCUT2D eigenvalue weighted by Crippen LogP contribution is 2.23. The lowest BCUT2D eigenvalue weighted by Crippen LogP contribution is -1.91. The molecular formula is C7H3ClIN5. The normalized spacial score (nSPS) is 11.6. The van der Waals surface area contributed by atoms with Gasteiger partial charge in [-0.1, -0.05) is 0 Å². The third-order valence-corrected chi connectivity index (χ3v) is 3.01. The average Bonchev–Trinajstić information content (AvgIpc) is 2.72. The lowest BCUT2D eigenvalue weighted by molar-refractivity contribution is 1.06. The number of aromatic nitrogens is 5. The van der Waals surface area contributed by atoms with E-state index in [0.717, 1.165) is 14.7 Å². The molecule has 3 heterocycles. The molecule has 0 aliphatic heterocycles. The predicted molar refractivity (Wildman–Crippen MR) is 60.4 cm³/mol. The van der Waals surface area contributed by atoms with Crippen molar-refractivity contribution >= 4 is 50.9 Å². The quantitative estimate of drug-likeness (QED) is 0.508. The number of nitrogens with zero attached hydrogens (tertiary/aromatic N) is 4. The number of H-pyrrole nitrogens is 1. The van der Waals surface area contributed by atoms with Crippen molar-refractivity contribution in [2.24, 2.45) is 0 Å². The van der Waals surface area contributed by atoms with E-state index in [1.165, 1.54) is 0 Å². The van der Waals surface area contributed by atoms with Crippen molar-refractivity contribution in [2.45, 2.75) is 0 Å². The summed E-state index contributed by atoms with van der Waals surface area (Å²) in [6.07, 6.45) is 3.46. The van der Waals surface area contributed by atoms with Crippen molar-refractivity contribution in [1.29, 1.82) is 0 Å². The van der Waals surface area contributed by atoms with Crippen LogP contribution >= 0.6 is 34.2 Å². The van der Waals surface area contributed by atoms with Crippen LogP contribution in [0.4, 0.5) is 0 Å². The minimum atomic E-state index is 0.368. The average molecular weight is 319 g/mol. The Bertz CT molecular complexity index is 627. The van der Waals surface area contributed by atoms with E-state index in [1.807, 2.05) is 0 Å². The molecule has 3 rings (SSSR count). The van der Waals surface area contributed by atoms with Crippen LogP contribution in [0.5, 0.6) is 0 Å². The van der Waals surface area contributed by atoms with Crippen LogP contribution in [0.3, 0.4) is 0 Å². The van der Waals surface area contributed by atoms with Gasteiger partial charge in [0.15, 0.2) is 11.3 Å². The van der Waals surface area contributed by atoms with E-state index < -0.39 is 0 Å². The molecule has 7 heteroatoms. The van der Waals surface area contributed by atoms with E-state index in [9.17, 15) is 0 Å². The van der Waals surface area contributed by atoms with Gasteiger partial charge in [-0.2, -0.15) is 10.1 Å². The topological polar surface area (TPSA) is 58.9 Å². The molecule has 3 aromatic heterocycles. The maximum atomic E-state index is 5.94. The second kappa shape index (κ2) is 2.80. The fourth-order valence-electron chi connectivity index (χ4n) is 1.37. The van der Waals surface area contributed by atoms with Gasteiger partial charge in [0.05, 0.1) is 5.39 Å². The molecule has 3 aromatic rings. The molecule has 0 aliphatic carbocycles. The summed E-state index contributed by atoms with van der Waals surface area (Å²) in [6.45, 7) is 0. The fourth-order valence-corrected chi connectivity index (χ4v) is 2.19. The lowest BCUT2D eigenvalue weighted by atomic mass is 10.4. The lowest BCUT2D eigenvalue weighted by Gasteiger charge is -1.96. The molecule has 0 saturated heterocycles. The van der Waals surface area contributed by atoms with Crippen LogP contribution in [0.15, 0.2) is 12.4 Å². The van der Waals surface area contributed by atoms with E-state index in [2.05, 4.69) is 42.8 Å². The van der Waals surface area contributed by atoms with Crippen molar-refractivity contribution in [3.8, 4) is 0 Å². The zero-order chi connectivity index (χ0) is 9.71. The highest BCUT2D eigenvalue weighted by molar-refractivity contribution is 14.1. The molecule has 0 atom stereocenters. The zero-order valence-electron chi connectivity index (χ0n) is 6.70. The van der Waals surface area contributed by atoms with E-state index in [4.69, 9.17) is 11.6 Å². The molecule has 5 nitrogen and oxygen atoms in total. The van der Waals surface area contributed by atoms with Crippen molar-refractivity contribution < 1.29 is 0 Å². The number of rotatable bonds is 0. The van der Waals surface area contributed by atoms with Gasteiger partial charge in [0.2, 0.25) is 5.28 Å². The number of aromatic amines is 1. The van der Waals surface area contributed by atoms with E-state index in [-0.39, 0.29) is 0 Å². The Labute approximate surface area is 96.6 Å². The minimum absolute atomic E-state index is 0.368. The van der Waals surface area contributed by atoms with Crippen molar-refractivity contribution in [1.82, 2.24) is 24.6 Å². The molecule has 0 unspecified atom stereocenters. The first-order valence-corrected chi connectivity index (χ1v) is 5.25. The standard InChI is InChI=1S/C7H3ClIN5/c8-7-11-5-3(4(9)12-13-5)6-10-1-2-14(6)7/h1-2H,(H,12,13). The Balaban J connectivity index is 2.69. The Morgan fingerprint density at radius 1 is 1.50 bits per heavy atom. The molecule has 14 heavy (non-hydrogen) atoms. The molecule has 0 aliphatic rings. The van der Waals surface area contributed by atoms with Crippen molar-refractivity contribution in [3.05, 3.63) is 21.4 Å². The summed E-state index contributed by atoms with van der Waals surface area (Å²) in [7, 11) is 0. The Morgan fingerprint density at radius 3 is 3.21 bits per heavy atom. The molecule has 0 bridgehead atoms. The smallest absolute Gasteiger partial charge is 0.210 e. The third kappa shape index (κ3) is 0.976. The highest BCUT2D eigenvalue weighted by atomic mass is 127. The second-order valence-electron chi connectivity index (χ2n) is 2.74. The van der Waals surface area contributed by atoms with Crippen LogP contribution in [0.2, 0.25) is 5.28 Å². The van der Waals surface area contributed by atoms with Crippen molar-refractivity contribution in [3.63, 3.8) is 0 Å². The molecule has 70 valence electrons. The van der Waals surface area contributed by atoms with Gasteiger partial charge in [0.1, 0.15) is 3.70 Å². The van der Waals surface area contributed by atoms with Gasteiger partial charge in [0, 0.05) is 12.4 Å². The summed E-state index contributed by atoms with van der Waals surface area (Å²) in [5.74, 6) is 0. The van der Waals surface area contributed by atoms with Gasteiger partial charge >= 0.3 is 0 Å². The highest BCUT2D eigenvalue weighted by Gasteiger charge is 2.12. The van der Waals surface area contributed by atoms with Gasteiger partial charge in [-0.25, -0.2) is 4.98 Å². The SMILES string of the molecule is Clc1nc2n[nH]c(I)c2c2nccn12. The maximum Gasteiger partial charge on any atom is 0.210 e. The molecule has 0 spiro atoms. The number of imidazole rings is 1. The van der Waals surface area contributed by atoms with Gasteiger partial charge < -0.3 is 0 Å². The van der Waals surface area contributed by atoms with Crippen molar-refractivity contribution in [2.75, 3.05) is 0 Å².